The van der Waals surface area contributed by atoms with Gasteiger partial charge >= 0.3 is 0 Å². The Kier molecular flexibility index (Phi) is 7.19. The zero-order valence-electron chi connectivity index (χ0n) is 16.1. The Morgan fingerprint density at radius 3 is 2.62 bits per heavy atom. The van der Waals surface area contributed by atoms with Crippen LogP contribution in [0.3, 0.4) is 0 Å². The summed E-state index contributed by atoms with van der Waals surface area (Å²) >= 11 is 6.25. The Morgan fingerprint density at radius 1 is 1.10 bits per heavy atom. The van der Waals surface area contributed by atoms with E-state index in [2.05, 4.69) is 10.6 Å². The molecule has 0 aliphatic carbocycles. The molecule has 0 aromatic heterocycles. The molecule has 2 aromatic carbocycles. The summed E-state index contributed by atoms with van der Waals surface area (Å²) in [7, 11) is 0. The van der Waals surface area contributed by atoms with Gasteiger partial charge in [0.1, 0.15) is 5.75 Å². The van der Waals surface area contributed by atoms with Gasteiger partial charge in [0.25, 0.3) is 5.91 Å². The van der Waals surface area contributed by atoms with Crippen LogP contribution in [-0.2, 0) is 11.3 Å². The molecule has 0 bridgehead atoms. The van der Waals surface area contributed by atoms with Gasteiger partial charge in [0.05, 0.1) is 31.4 Å². The average molecular weight is 419 g/mol. The van der Waals surface area contributed by atoms with Crippen LogP contribution in [0.15, 0.2) is 36.4 Å². The number of ether oxygens (including phenoxy) is 3. The van der Waals surface area contributed by atoms with E-state index in [-0.39, 0.29) is 24.9 Å². The van der Waals surface area contributed by atoms with Gasteiger partial charge in [-0.2, -0.15) is 0 Å². The number of benzene rings is 2. The first kappa shape index (κ1) is 20.8. The van der Waals surface area contributed by atoms with E-state index in [0.29, 0.717) is 47.7 Å². The van der Waals surface area contributed by atoms with E-state index < -0.39 is 0 Å². The molecule has 0 spiro atoms. The highest BCUT2D eigenvalue weighted by molar-refractivity contribution is 6.32. The highest BCUT2D eigenvalue weighted by atomic mass is 35.5. The van der Waals surface area contributed by atoms with Gasteiger partial charge < -0.3 is 24.8 Å². The van der Waals surface area contributed by atoms with Crippen LogP contribution in [-0.4, -0.2) is 38.2 Å². The molecule has 1 aliphatic rings. The van der Waals surface area contributed by atoms with Gasteiger partial charge in [0, 0.05) is 18.5 Å². The lowest BCUT2D eigenvalue weighted by Gasteiger charge is -2.12. The lowest BCUT2D eigenvalue weighted by atomic mass is 10.2. The smallest absolute Gasteiger partial charge is 0.251 e. The molecule has 0 saturated carbocycles. The molecule has 8 heteroatoms. The summed E-state index contributed by atoms with van der Waals surface area (Å²) in [5, 5.41) is 5.79. The molecule has 154 valence electrons. The maximum atomic E-state index is 12.2. The quantitative estimate of drug-likeness (QED) is 0.722. The van der Waals surface area contributed by atoms with Crippen LogP contribution >= 0.6 is 11.6 Å². The number of hydrogen-bond donors (Lipinski definition) is 2. The maximum absolute atomic E-state index is 12.2. The monoisotopic (exact) mass is 418 g/mol. The van der Waals surface area contributed by atoms with E-state index in [1.54, 1.807) is 36.4 Å². The first-order chi connectivity index (χ1) is 14.1. The Bertz CT molecular complexity index is 870. The van der Waals surface area contributed by atoms with Gasteiger partial charge in [0.15, 0.2) is 11.5 Å². The van der Waals surface area contributed by atoms with E-state index in [1.807, 2.05) is 6.92 Å². The van der Waals surface area contributed by atoms with Gasteiger partial charge in [0.2, 0.25) is 5.91 Å². The van der Waals surface area contributed by atoms with Crippen LogP contribution in [0.1, 0.15) is 29.3 Å². The van der Waals surface area contributed by atoms with Crippen molar-refractivity contribution in [2.75, 3.05) is 26.4 Å². The molecule has 1 aliphatic heterocycles. The van der Waals surface area contributed by atoms with Gasteiger partial charge in [-0.05, 0) is 48.9 Å². The van der Waals surface area contributed by atoms with E-state index in [1.165, 1.54) is 0 Å². The van der Waals surface area contributed by atoms with Gasteiger partial charge in [-0.1, -0.05) is 11.6 Å². The van der Waals surface area contributed by atoms with Crippen LogP contribution in [0.25, 0.3) is 0 Å². The molecule has 0 atom stereocenters. The summed E-state index contributed by atoms with van der Waals surface area (Å²) in [6.45, 7) is 3.67. The van der Waals surface area contributed by atoms with Crippen LogP contribution in [0.2, 0.25) is 5.02 Å². The van der Waals surface area contributed by atoms with Gasteiger partial charge in [-0.25, -0.2) is 0 Å². The molecule has 0 saturated heterocycles. The zero-order chi connectivity index (χ0) is 20.6. The summed E-state index contributed by atoms with van der Waals surface area (Å²) < 4.78 is 16.6. The molecule has 0 radical (unpaired) electrons. The maximum Gasteiger partial charge on any atom is 0.251 e. The van der Waals surface area contributed by atoms with E-state index in [0.717, 1.165) is 12.0 Å². The lowest BCUT2D eigenvalue weighted by Crippen LogP contribution is -2.36. The van der Waals surface area contributed by atoms with Crippen molar-refractivity contribution in [3.8, 4) is 17.2 Å². The molecule has 1 heterocycles. The molecule has 0 fully saturated rings. The minimum absolute atomic E-state index is 0.135. The van der Waals surface area contributed by atoms with Crippen LogP contribution in [0.5, 0.6) is 17.2 Å². The highest BCUT2D eigenvalue weighted by Crippen LogP contribution is 2.37. The molecule has 2 N–H and O–H groups in total. The summed E-state index contributed by atoms with van der Waals surface area (Å²) in [6.07, 6.45) is 0.783. The number of nitrogens with one attached hydrogen (secondary N) is 2. The fourth-order valence-corrected chi connectivity index (χ4v) is 3.07. The topological polar surface area (TPSA) is 85.9 Å². The lowest BCUT2D eigenvalue weighted by molar-refractivity contribution is -0.120. The number of carbonyl (C=O) groups is 2. The SMILES string of the molecule is CCOc1ccc(C(=O)NCC(=O)NCc2cc(Cl)c3c(c2)OCCCO3)cc1. The standard InChI is InChI=1S/C21H23ClN2O5/c1-2-27-16-6-4-15(5-7-16)21(26)24-13-19(25)23-12-14-10-17(22)20-18(11-14)28-8-3-9-29-20/h4-7,10-11H,2-3,8-9,12-13H2,1H3,(H,23,25)(H,24,26). The molecule has 2 amide bonds. The molecular weight excluding hydrogens is 396 g/mol. The van der Waals surface area contributed by atoms with Crippen molar-refractivity contribution >= 4 is 23.4 Å². The number of halogens is 1. The Hall–Kier alpha value is -2.93. The normalized spacial score (nSPS) is 12.6. The molecule has 0 unspecified atom stereocenters. The first-order valence-electron chi connectivity index (χ1n) is 9.42. The molecule has 7 nitrogen and oxygen atoms in total. The third kappa shape index (κ3) is 5.77. The fourth-order valence-electron chi connectivity index (χ4n) is 2.78. The number of hydrogen-bond acceptors (Lipinski definition) is 5. The minimum Gasteiger partial charge on any atom is -0.494 e. The van der Waals surface area contributed by atoms with Crippen molar-refractivity contribution in [2.24, 2.45) is 0 Å². The van der Waals surface area contributed by atoms with Crippen molar-refractivity contribution in [2.45, 2.75) is 19.9 Å². The summed E-state index contributed by atoms with van der Waals surface area (Å²) in [4.78, 5) is 24.2. The number of rotatable bonds is 7. The van der Waals surface area contributed by atoms with Gasteiger partial charge in [-0.15, -0.1) is 0 Å². The second-order valence-electron chi connectivity index (χ2n) is 6.37. The average Bonchev–Trinajstić information content (AvgIpc) is 2.97. The summed E-state index contributed by atoms with van der Waals surface area (Å²) in [5.74, 6) is 1.15. The number of carbonyl (C=O) groups excluding carboxylic acids is 2. The Labute approximate surface area is 174 Å². The fraction of sp³-hybridized carbons (Fsp3) is 0.333. The second kappa shape index (κ2) is 10.0. The first-order valence-corrected chi connectivity index (χ1v) is 9.80. The van der Waals surface area contributed by atoms with Crippen LogP contribution in [0, 0.1) is 0 Å². The van der Waals surface area contributed by atoms with Crippen molar-refractivity contribution < 1.29 is 23.8 Å². The van der Waals surface area contributed by atoms with E-state index in [9.17, 15) is 9.59 Å². The highest BCUT2D eigenvalue weighted by Gasteiger charge is 2.16. The predicted octanol–water partition coefficient (Wildman–Crippen LogP) is 2.95. The van der Waals surface area contributed by atoms with Crippen LogP contribution < -0.4 is 24.8 Å². The minimum atomic E-state index is -0.332. The van der Waals surface area contributed by atoms with Crippen molar-refractivity contribution in [3.05, 3.63) is 52.5 Å². The summed E-state index contributed by atoms with van der Waals surface area (Å²) in [5.41, 5.74) is 1.24. The van der Waals surface area contributed by atoms with E-state index in [4.69, 9.17) is 25.8 Å². The molecule has 2 aromatic rings. The second-order valence-corrected chi connectivity index (χ2v) is 6.78. The van der Waals surface area contributed by atoms with Crippen molar-refractivity contribution in [1.82, 2.24) is 10.6 Å². The van der Waals surface area contributed by atoms with Crippen LogP contribution in [0.4, 0.5) is 0 Å². The van der Waals surface area contributed by atoms with Crippen molar-refractivity contribution in [3.63, 3.8) is 0 Å². The van der Waals surface area contributed by atoms with Gasteiger partial charge in [-0.3, -0.25) is 9.59 Å². The number of amides is 2. The third-order valence-electron chi connectivity index (χ3n) is 4.19. The predicted molar refractivity (Wildman–Crippen MR) is 109 cm³/mol. The van der Waals surface area contributed by atoms with Crippen molar-refractivity contribution in [1.29, 1.82) is 0 Å². The third-order valence-corrected chi connectivity index (χ3v) is 4.47. The molecular formula is C21H23ClN2O5. The zero-order valence-corrected chi connectivity index (χ0v) is 16.9. The number of fused-ring (bicyclic) bond motifs is 1. The Morgan fingerprint density at radius 2 is 1.86 bits per heavy atom. The molecule has 3 rings (SSSR count). The largest absolute Gasteiger partial charge is 0.494 e. The van der Waals surface area contributed by atoms with E-state index >= 15 is 0 Å². The molecule has 29 heavy (non-hydrogen) atoms. The Balaban J connectivity index is 1.49. The summed E-state index contributed by atoms with van der Waals surface area (Å²) in [6, 6.07) is 10.3.